The summed E-state index contributed by atoms with van der Waals surface area (Å²) in [7, 11) is -4.07. The Morgan fingerprint density at radius 1 is 0.941 bits per heavy atom. The Balaban J connectivity index is 1.82. The molecule has 1 aliphatic heterocycles. The highest BCUT2D eigenvalue weighted by Gasteiger charge is 2.26. The van der Waals surface area contributed by atoms with Gasteiger partial charge in [0.25, 0.3) is 0 Å². The quantitative estimate of drug-likeness (QED) is 0.525. The fraction of sp³-hybridized carbons (Fsp3) is 0.423. The van der Waals surface area contributed by atoms with Gasteiger partial charge in [0, 0.05) is 38.9 Å². The lowest BCUT2D eigenvalue weighted by atomic mass is 10.1. The number of fused-ring (bicyclic) bond motifs is 1. The molecular weight excluding hydrogens is 453 g/mol. The summed E-state index contributed by atoms with van der Waals surface area (Å²) in [6, 6.07) is 7.90. The maximum atomic E-state index is 15.3. The first-order chi connectivity index (χ1) is 16.1. The Bertz CT molecular complexity index is 1370. The molecule has 8 heteroatoms. The standard InChI is InChI=1S/C26H32FN3O3S/c1-5-7-28-8-10-30(11-9-28)24-16-23-21(15-22(24)27)26(31)25(17-29(23)6-2)34(32,33)20-13-18(3)12-19(4)14-20/h12-17H,5-11H2,1-4H3. The number of sulfone groups is 1. The minimum Gasteiger partial charge on any atom is -0.367 e. The lowest BCUT2D eigenvalue weighted by Crippen LogP contribution is -2.46. The van der Waals surface area contributed by atoms with E-state index in [1.807, 2.05) is 31.7 Å². The fourth-order valence-corrected chi connectivity index (χ4v) is 6.37. The van der Waals surface area contributed by atoms with Crippen LogP contribution in [0.1, 0.15) is 31.4 Å². The Hall–Kier alpha value is -2.71. The summed E-state index contributed by atoms with van der Waals surface area (Å²) in [6.07, 6.45) is 2.49. The molecule has 0 radical (unpaired) electrons. The second kappa shape index (κ2) is 9.50. The zero-order chi connectivity index (χ0) is 24.6. The number of pyridine rings is 1. The van der Waals surface area contributed by atoms with Crippen molar-refractivity contribution in [3.05, 3.63) is 63.7 Å². The smallest absolute Gasteiger partial charge is 0.211 e. The number of piperazine rings is 1. The Labute approximate surface area is 200 Å². The van der Waals surface area contributed by atoms with E-state index in [1.54, 1.807) is 22.8 Å². The SMILES string of the molecule is CCCN1CCN(c2cc3c(cc2F)c(=O)c(S(=O)(=O)c2cc(C)cc(C)c2)cn3CC)CC1. The third-order valence-corrected chi connectivity index (χ3v) is 8.23. The van der Waals surface area contributed by atoms with Crippen LogP contribution in [-0.2, 0) is 16.4 Å². The Morgan fingerprint density at radius 3 is 2.18 bits per heavy atom. The molecule has 0 atom stereocenters. The van der Waals surface area contributed by atoms with Gasteiger partial charge < -0.3 is 9.47 Å². The van der Waals surface area contributed by atoms with E-state index in [2.05, 4.69) is 11.8 Å². The first kappa shape index (κ1) is 24.4. The molecule has 3 aromatic rings. The molecule has 1 aromatic heterocycles. The first-order valence-electron chi connectivity index (χ1n) is 11.8. The summed E-state index contributed by atoms with van der Waals surface area (Å²) in [5.74, 6) is -0.503. The molecule has 0 amide bonds. The molecular formula is C26H32FN3O3S. The van der Waals surface area contributed by atoms with Gasteiger partial charge in [-0.2, -0.15) is 0 Å². The van der Waals surface area contributed by atoms with Crippen molar-refractivity contribution in [1.82, 2.24) is 9.47 Å². The molecule has 0 bridgehead atoms. The van der Waals surface area contributed by atoms with E-state index in [-0.39, 0.29) is 15.2 Å². The lowest BCUT2D eigenvalue weighted by Gasteiger charge is -2.36. The van der Waals surface area contributed by atoms with Crippen molar-refractivity contribution in [3.63, 3.8) is 0 Å². The van der Waals surface area contributed by atoms with Gasteiger partial charge in [-0.05, 0) is 69.1 Å². The average Bonchev–Trinajstić information content (AvgIpc) is 2.79. The molecule has 2 heterocycles. The molecule has 2 aromatic carbocycles. The number of halogens is 1. The zero-order valence-electron chi connectivity index (χ0n) is 20.3. The van der Waals surface area contributed by atoms with Crippen LogP contribution in [0.5, 0.6) is 0 Å². The number of hydrogen-bond donors (Lipinski definition) is 0. The molecule has 4 rings (SSSR count). The number of nitrogens with zero attached hydrogens (tertiary/aromatic N) is 3. The van der Waals surface area contributed by atoms with Gasteiger partial charge >= 0.3 is 0 Å². The number of hydrogen-bond acceptors (Lipinski definition) is 5. The summed E-state index contributed by atoms with van der Waals surface area (Å²) in [4.78, 5) is 17.5. The molecule has 0 aliphatic carbocycles. The highest BCUT2D eigenvalue weighted by Crippen LogP contribution is 2.28. The normalized spacial score (nSPS) is 15.3. The van der Waals surface area contributed by atoms with E-state index < -0.39 is 21.1 Å². The summed E-state index contributed by atoms with van der Waals surface area (Å²) in [5, 5.41) is 0.0816. The molecule has 1 saturated heterocycles. The maximum absolute atomic E-state index is 15.3. The highest BCUT2D eigenvalue weighted by atomic mass is 32.2. The van der Waals surface area contributed by atoms with Crippen LogP contribution < -0.4 is 10.3 Å². The third-order valence-electron chi connectivity index (χ3n) is 6.50. The largest absolute Gasteiger partial charge is 0.367 e. The maximum Gasteiger partial charge on any atom is 0.211 e. The van der Waals surface area contributed by atoms with Crippen LogP contribution in [-0.4, -0.2) is 50.6 Å². The van der Waals surface area contributed by atoms with Crippen LogP contribution in [0.4, 0.5) is 10.1 Å². The van der Waals surface area contributed by atoms with Crippen molar-refractivity contribution in [2.75, 3.05) is 37.6 Å². The van der Waals surface area contributed by atoms with Crippen molar-refractivity contribution in [2.45, 2.75) is 50.5 Å². The summed E-state index contributed by atoms with van der Waals surface area (Å²) in [5.41, 5.74) is 1.92. The van der Waals surface area contributed by atoms with E-state index in [9.17, 15) is 13.2 Å². The van der Waals surface area contributed by atoms with Crippen molar-refractivity contribution in [1.29, 1.82) is 0 Å². The summed E-state index contributed by atoms with van der Waals surface area (Å²) < 4.78 is 43.9. The fourth-order valence-electron chi connectivity index (χ4n) is 4.81. The zero-order valence-corrected chi connectivity index (χ0v) is 21.1. The average molecular weight is 486 g/mol. The number of aryl methyl sites for hydroxylation is 3. The van der Waals surface area contributed by atoms with Crippen LogP contribution >= 0.6 is 0 Å². The Kier molecular flexibility index (Phi) is 6.82. The second-order valence-corrected chi connectivity index (χ2v) is 11.0. The van der Waals surface area contributed by atoms with Gasteiger partial charge in [0.05, 0.1) is 21.5 Å². The number of rotatable bonds is 6. The molecule has 0 saturated carbocycles. The highest BCUT2D eigenvalue weighted by molar-refractivity contribution is 7.91. The van der Waals surface area contributed by atoms with E-state index in [1.165, 1.54) is 12.3 Å². The molecule has 182 valence electrons. The van der Waals surface area contributed by atoms with E-state index >= 15 is 4.39 Å². The van der Waals surface area contributed by atoms with Crippen molar-refractivity contribution in [3.8, 4) is 0 Å². The van der Waals surface area contributed by atoms with Crippen molar-refractivity contribution in [2.24, 2.45) is 0 Å². The van der Waals surface area contributed by atoms with Crippen LogP contribution in [0, 0.1) is 19.7 Å². The van der Waals surface area contributed by atoms with Crippen LogP contribution in [0.2, 0.25) is 0 Å². The molecule has 0 unspecified atom stereocenters. The topological polar surface area (TPSA) is 62.6 Å². The van der Waals surface area contributed by atoms with Gasteiger partial charge in [0.2, 0.25) is 15.3 Å². The monoisotopic (exact) mass is 485 g/mol. The molecule has 0 spiro atoms. The molecule has 1 fully saturated rings. The minimum absolute atomic E-state index is 0.0751. The summed E-state index contributed by atoms with van der Waals surface area (Å²) >= 11 is 0. The van der Waals surface area contributed by atoms with E-state index in [4.69, 9.17) is 0 Å². The first-order valence-corrected chi connectivity index (χ1v) is 13.3. The van der Waals surface area contributed by atoms with Gasteiger partial charge in [-0.25, -0.2) is 12.8 Å². The lowest BCUT2D eigenvalue weighted by molar-refractivity contribution is 0.258. The third kappa shape index (κ3) is 4.49. The summed E-state index contributed by atoms with van der Waals surface area (Å²) in [6.45, 7) is 12.3. The van der Waals surface area contributed by atoms with Crippen LogP contribution in [0.25, 0.3) is 10.9 Å². The molecule has 0 N–H and O–H groups in total. The van der Waals surface area contributed by atoms with Gasteiger partial charge in [0.1, 0.15) is 10.7 Å². The van der Waals surface area contributed by atoms with Crippen LogP contribution in [0.15, 0.2) is 51.1 Å². The predicted octanol–water partition coefficient (Wildman–Crippen LogP) is 4.14. The van der Waals surface area contributed by atoms with Crippen molar-refractivity contribution >= 4 is 26.4 Å². The van der Waals surface area contributed by atoms with Gasteiger partial charge in [0.15, 0.2) is 0 Å². The van der Waals surface area contributed by atoms with Crippen molar-refractivity contribution < 1.29 is 12.8 Å². The molecule has 1 aliphatic rings. The van der Waals surface area contributed by atoms with Gasteiger partial charge in [-0.3, -0.25) is 9.69 Å². The number of benzene rings is 2. The van der Waals surface area contributed by atoms with E-state index in [0.717, 1.165) is 37.2 Å². The minimum atomic E-state index is -4.07. The second-order valence-electron chi connectivity index (χ2n) is 9.08. The predicted molar refractivity (Wildman–Crippen MR) is 134 cm³/mol. The molecule has 34 heavy (non-hydrogen) atoms. The molecule has 6 nitrogen and oxygen atoms in total. The Morgan fingerprint density at radius 2 is 1.59 bits per heavy atom. The van der Waals surface area contributed by atoms with Gasteiger partial charge in [-0.1, -0.05) is 13.0 Å². The van der Waals surface area contributed by atoms with E-state index in [0.29, 0.717) is 30.8 Å². The van der Waals surface area contributed by atoms with Gasteiger partial charge in [-0.15, -0.1) is 0 Å². The number of anilines is 1. The number of aromatic nitrogens is 1. The van der Waals surface area contributed by atoms with Crippen LogP contribution in [0.3, 0.4) is 0 Å².